The number of hydrogen-bond acceptors (Lipinski definition) is 4. The van der Waals surface area contributed by atoms with E-state index in [4.69, 9.17) is 0 Å². The van der Waals surface area contributed by atoms with Gasteiger partial charge in [0, 0.05) is 43.4 Å². The molecule has 0 spiro atoms. The summed E-state index contributed by atoms with van der Waals surface area (Å²) in [6.45, 7) is 2.75. The Kier molecular flexibility index (Phi) is 5.12. The van der Waals surface area contributed by atoms with Crippen LogP contribution < -0.4 is 0 Å². The second-order valence-corrected chi connectivity index (χ2v) is 10.1. The van der Waals surface area contributed by atoms with Crippen molar-refractivity contribution in [2.75, 3.05) is 26.2 Å². The first-order valence-corrected chi connectivity index (χ1v) is 11.8. The van der Waals surface area contributed by atoms with Crippen molar-refractivity contribution >= 4 is 11.8 Å². The highest BCUT2D eigenvalue weighted by Gasteiger charge is 2.57. The Morgan fingerprint density at radius 2 is 1.87 bits per heavy atom. The molecule has 5 rings (SSSR count). The SMILES string of the molecule is O=C(C1CCCC1)N1CC[C@]2(CO)CCCN(C(=O)C3(Cn4cccn4)CC3)[C@H]2C1. The highest BCUT2D eigenvalue weighted by Crippen LogP contribution is 2.51. The summed E-state index contributed by atoms with van der Waals surface area (Å²) in [5, 5.41) is 14.7. The van der Waals surface area contributed by atoms with Gasteiger partial charge in [-0.05, 0) is 51.0 Å². The number of likely N-dealkylation sites (tertiary alicyclic amines) is 2. The third kappa shape index (κ3) is 3.35. The van der Waals surface area contributed by atoms with Gasteiger partial charge in [0.2, 0.25) is 11.8 Å². The smallest absolute Gasteiger partial charge is 0.230 e. The molecule has 2 aliphatic carbocycles. The van der Waals surface area contributed by atoms with E-state index in [-0.39, 0.29) is 41.2 Å². The summed E-state index contributed by atoms with van der Waals surface area (Å²) in [6.07, 6.45) is 12.4. The van der Waals surface area contributed by atoms with Crippen molar-refractivity contribution in [1.82, 2.24) is 19.6 Å². The van der Waals surface area contributed by atoms with Crippen molar-refractivity contribution in [3.63, 3.8) is 0 Å². The molecule has 7 nitrogen and oxygen atoms in total. The lowest BCUT2D eigenvalue weighted by molar-refractivity contribution is -0.159. The Morgan fingerprint density at radius 1 is 1.07 bits per heavy atom. The van der Waals surface area contributed by atoms with Crippen molar-refractivity contribution in [2.24, 2.45) is 16.7 Å². The standard InChI is InChI=1S/C23H34N4O3/c28-17-23-7-3-13-27(21(30)22(8-9-22)16-26-12-4-11-24-26)19(23)15-25(14-10-23)20(29)18-5-1-2-6-18/h4,11-12,18-19,28H,1-3,5-10,13-17H2/t19-,23-/m0/s1. The fourth-order valence-corrected chi connectivity index (χ4v) is 6.23. The number of hydrogen-bond donors (Lipinski definition) is 1. The number of carbonyl (C=O) groups is 2. The number of aromatic nitrogens is 2. The normalized spacial score (nSPS) is 30.9. The van der Waals surface area contributed by atoms with Crippen LogP contribution in [0, 0.1) is 16.7 Å². The van der Waals surface area contributed by atoms with Gasteiger partial charge in [-0.2, -0.15) is 5.10 Å². The molecule has 3 heterocycles. The highest BCUT2D eigenvalue weighted by molar-refractivity contribution is 5.86. The quantitative estimate of drug-likeness (QED) is 0.800. The molecular formula is C23H34N4O3. The zero-order valence-corrected chi connectivity index (χ0v) is 17.8. The molecule has 0 unspecified atom stereocenters. The van der Waals surface area contributed by atoms with Gasteiger partial charge in [0.1, 0.15) is 0 Å². The zero-order chi connectivity index (χ0) is 20.8. The number of rotatable bonds is 5. The van der Waals surface area contributed by atoms with Crippen molar-refractivity contribution < 1.29 is 14.7 Å². The predicted molar refractivity (Wildman–Crippen MR) is 111 cm³/mol. The van der Waals surface area contributed by atoms with Gasteiger partial charge in [0.05, 0.1) is 24.6 Å². The van der Waals surface area contributed by atoms with Crippen molar-refractivity contribution in [1.29, 1.82) is 0 Å². The van der Waals surface area contributed by atoms with Gasteiger partial charge in [-0.3, -0.25) is 14.3 Å². The average Bonchev–Trinajstić information content (AvgIpc) is 3.14. The molecule has 30 heavy (non-hydrogen) atoms. The summed E-state index contributed by atoms with van der Waals surface area (Å²) in [6, 6.07) is 1.82. The lowest BCUT2D eigenvalue weighted by atomic mass is 9.68. The van der Waals surface area contributed by atoms with Crippen LogP contribution in [0.25, 0.3) is 0 Å². The maximum atomic E-state index is 13.8. The molecule has 4 fully saturated rings. The number of aliphatic hydroxyl groups is 1. The molecule has 2 saturated heterocycles. The van der Waals surface area contributed by atoms with Gasteiger partial charge >= 0.3 is 0 Å². The Balaban J connectivity index is 1.36. The molecule has 2 atom stereocenters. The Hall–Kier alpha value is -1.89. The van der Waals surface area contributed by atoms with Gasteiger partial charge in [-0.1, -0.05) is 12.8 Å². The molecule has 164 valence electrons. The van der Waals surface area contributed by atoms with E-state index < -0.39 is 0 Å². The van der Waals surface area contributed by atoms with E-state index in [1.54, 1.807) is 6.20 Å². The summed E-state index contributed by atoms with van der Waals surface area (Å²) in [5.41, 5.74) is -0.621. The lowest BCUT2D eigenvalue weighted by Crippen LogP contribution is -2.65. The van der Waals surface area contributed by atoms with Crippen LogP contribution in [0.4, 0.5) is 0 Å². The fourth-order valence-electron chi connectivity index (χ4n) is 6.23. The van der Waals surface area contributed by atoms with Gasteiger partial charge < -0.3 is 14.9 Å². The minimum absolute atomic E-state index is 0.0713. The third-order valence-corrected chi connectivity index (χ3v) is 8.35. The van der Waals surface area contributed by atoms with Crippen LogP contribution in [-0.2, 0) is 16.1 Å². The summed E-state index contributed by atoms with van der Waals surface area (Å²) < 4.78 is 1.87. The molecule has 0 bridgehead atoms. The van der Waals surface area contributed by atoms with E-state index in [2.05, 4.69) is 5.10 Å². The number of piperidine rings is 2. The first-order chi connectivity index (χ1) is 14.6. The summed E-state index contributed by atoms with van der Waals surface area (Å²) in [7, 11) is 0. The van der Waals surface area contributed by atoms with E-state index in [0.29, 0.717) is 19.6 Å². The van der Waals surface area contributed by atoms with Crippen LogP contribution in [-0.4, -0.2) is 68.8 Å². The lowest BCUT2D eigenvalue weighted by Gasteiger charge is -2.55. The van der Waals surface area contributed by atoms with E-state index in [1.165, 1.54) is 0 Å². The van der Waals surface area contributed by atoms with Crippen LogP contribution in [0.1, 0.15) is 57.8 Å². The monoisotopic (exact) mass is 414 g/mol. The molecule has 1 aromatic rings. The van der Waals surface area contributed by atoms with Crippen LogP contribution in [0.15, 0.2) is 18.5 Å². The molecule has 0 aromatic carbocycles. The first-order valence-electron chi connectivity index (χ1n) is 11.8. The molecule has 7 heteroatoms. The fraction of sp³-hybridized carbons (Fsp3) is 0.783. The molecule has 4 aliphatic rings. The minimum atomic E-state index is -0.359. The van der Waals surface area contributed by atoms with Crippen molar-refractivity contribution in [3.8, 4) is 0 Å². The maximum absolute atomic E-state index is 13.8. The number of amides is 2. The molecule has 2 saturated carbocycles. The third-order valence-electron chi connectivity index (χ3n) is 8.35. The molecular weight excluding hydrogens is 380 g/mol. The maximum Gasteiger partial charge on any atom is 0.230 e. The Morgan fingerprint density at radius 3 is 2.53 bits per heavy atom. The second-order valence-electron chi connectivity index (χ2n) is 10.1. The van der Waals surface area contributed by atoms with Gasteiger partial charge in [0.25, 0.3) is 0 Å². The van der Waals surface area contributed by atoms with Gasteiger partial charge in [0.15, 0.2) is 0 Å². The zero-order valence-electron chi connectivity index (χ0n) is 17.8. The highest BCUT2D eigenvalue weighted by atomic mass is 16.3. The van der Waals surface area contributed by atoms with Gasteiger partial charge in [-0.15, -0.1) is 0 Å². The first kappa shape index (κ1) is 20.0. The summed E-state index contributed by atoms with van der Waals surface area (Å²) in [4.78, 5) is 30.9. The number of carbonyl (C=O) groups excluding carboxylic acids is 2. The van der Waals surface area contributed by atoms with Crippen LogP contribution in [0.3, 0.4) is 0 Å². The number of nitrogens with zero attached hydrogens (tertiary/aromatic N) is 4. The number of fused-ring (bicyclic) bond motifs is 1. The van der Waals surface area contributed by atoms with Crippen LogP contribution >= 0.6 is 0 Å². The summed E-state index contributed by atoms with van der Waals surface area (Å²) >= 11 is 0. The number of aliphatic hydroxyl groups excluding tert-OH is 1. The van der Waals surface area contributed by atoms with Gasteiger partial charge in [-0.25, -0.2) is 0 Å². The Bertz CT molecular complexity index is 784. The molecule has 1 aromatic heterocycles. The Labute approximate surface area is 178 Å². The van der Waals surface area contributed by atoms with Crippen LogP contribution in [0.2, 0.25) is 0 Å². The van der Waals surface area contributed by atoms with E-state index in [0.717, 1.165) is 64.3 Å². The van der Waals surface area contributed by atoms with Crippen molar-refractivity contribution in [2.45, 2.75) is 70.4 Å². The largest absolute Gasteiger partial charge is 0.396 e. The second kappa shape index (κ2) is 7.66. The molecule has 2 aliphatic heterocycles. The topological polar surface area (TPSA) is 78.7 Å². The van der Waals surface area contributed by atoms with E-state index in [9.17, 15) is 14.7 Å². The average molecular weight is 415 g/mol. The van der Waals surface area contributed by atoms with E-state index in [1.807, 2.05) is 26.7 Å². The van der Waals surface area contributed by atoms with E-state index >= 15 is 0 Å². The predicted octanol–water partition coefficient (Wildman–Crippen LogP) is 2.06. The van der Waals surface area contributed by atoms with Crippen molar-refractivity contribution in [3.05, 3.63) is 18.5 Å². The summed E-state index contributed by atoms with van der Waals surface area (Å²) in [5.74, 6) is 0.638. The molecule has 2 amide bonds. The molecule has 1 N–H and O–H groups in total. The minimum Gasteiger partial charge on any atom is -0.396 e. The molecule has 0 radical (unpaired) electrons. The van der Waals surface area contributed by atoms with Crippen LogP contribution in [0.5, 0.6) is 0 Å².